The zero-order valence-electron chi connectivity index (χ0n) is 5.28. The highest BCUT2D eigenvalue weighted by Crippen LogP contribution is 1.89. The van der Waals surface area contributed by atoms with Gasteiger partial charge < -0.3 is 4.74 Å². The van der Waals surface area contributed by atoms with Crippen LogP contribution in [0.5, 0.6) is 0 Å². The molecule has 52 valence electrons. The molecule has 9 heavy (non-hydrogen) atoms. The lowest BCUT2D eigenvalue weighted by molar-refractivity contribution is 0.157. The van der Waals surface area contributed by atoms with Crippen LogP contribution in [0.3, 0.4) is 0 Å². The van der Waals surface area contributed by atoms with Crippen LogP contribution in [0.2, 0.25) is 0 Å². The Kier molecular flexibility index (Phi) is 7.30. The van der Waals surface area contributed by atoms with E-state index in [2.05, 4.69) is 10.0 Å². The number of ether oxygens (including phenoxy) is 1. The number of thioether (sulfide) groups is 1. The van der Waals surface area contributed by atoms with Crippen molar-refractivity contribution in [3.05, 3.63) is 10.4 Å². The molecule has 5 heteroatoms. The Balaban J connectivity index is 2.82. The van der Waals surface area contributed by atoms with Crippen molar-refractivity contribution in [2.24, 2.45) is 5.11 Å². The summed E-state index contributed by atoms with van der Waals surface area (Å²) in [6.07, 6.45) is 2.00. The Morgan fingerprint density at radius 3 is 3.11 bits per heavy atom. The largest absolute Gasteiger partial charge is 0.375 e. The molecule has 0 fully saturated rings. The lowest BCUT2D eigenvalue weighted by Gasteiger charge is -1.94. The molecule has 0 rings (SSSR count). The van der Waals surface area contributed by atoms with Gasteiger partial charge in [0.05, 0.1) is 6.61 Å². The van der Waals surface area contributed by atoms with Crippen LogP contribution in [0.4, 0.5) is 0 Å². The standard InChI is InChI=1S/C4H9N3OS/c1-9-3-2-8-4-6-7-5/h2-4H2,1H3. The average molecular weight is 147 g/mol. The molecule has 0 atom stereocenters. The first kappa shape index (κ1) is 8.62. The monoisotopic (exact) mass is 147 g/mol. The molecule has 0 bridgehead atoms. The van der Waals surface area contributed by atoms with Gasteiger partial charge in [-0.3, -0.25) is 0 Å². The second-order valence-electron chi connectivity index (χ2n) is 1.26. The maximum absolute atomic E-state index is 7.80. The molecular weight excluding hydrogens is 138 g/mol. The van der Waals surface area contributed by atoms with Crippen LogP contribution in [0.1, 0.15) is 0 Å². The fourth-order valence-electron chi connectivity index (χ4n) is 0.273. The molecule has 0 amide bonds. The van der Waals surface area contributed by atoms with E-state index >= 15 is 0 Å². The van der Waals surface area contributed by atoms with E-state index in [1.165, 1.54) is 0 Å². The molecule has 0 saturated carbocycles. The number of azide groups is 1. The van der Waals surface area contributed by atoms with Crippen LogP contribution in [-0.2, 0) is 4.74 Å². The normalized spacial score (nSPS) is 8.56. The van der Waals surface area contributed by atoms with E-state index in [0.29, 0.717) is 6.61 Å². The maximum Gasteiger partial charge on any atom is 0.125 e. The van der Waals surface area contributed by atoms with Crippen molar-refractivity contribution in [3.63, 3.8) is 0 Å². The van der Waals surface area contributed by atoms with Gasteiger partial charge in [-0.25, -0.2) is 0 Å². The van der Waals surface area contributed by atoms with E-state index in [1.54, 1.807) is 11.8 Å². The first-order valence-electron chi connectivity index (χ1n) is 2.49. The Labute approximate surface area is 58.2 Å². The summed E-state index contributed by atoms with van der Waals surface area (Å²) in [5, 5.41) is 3.19. The summed E-state index contributed by atoms with van der Waals surface area (Å²) in [6, 6.07) is 0. The zero-order chi connectivity index (χ0) is 6.95. The predicted octanol–water partition coefficient (Wildman–Crippen LogP) is 1.63. The van der Waals surface area contributed by atoms with Crippen molar-refractivity contribution in [1.82, 2.24) is 0 Å². The zero-order valence-corrected chi connectivity index (χ0v) is 6.10. The second-order valence-corrected chi connectivity index (χ2v) is 2.25. The third kappa shape index (κ3) is 7.62. The van der Waals surface area contributed by atoms with Gasteiger partial charge in [-0.15, -0.1) is 0 Å². The third-order valence-electron chi connectivity index (χ3n) is 0.644. The van der Waals surface area contributed by atoms with Crippen LogP contribution >= 0.6 is 11.8 Å². The lowest BCUT2D eigenvalue weighted by Crippen LogP contribution is -1.95. The summed E-state index contributed by atoms with van der Waals surface area (Å²) in [6.45, 7) is 0.803. The summed E-state index contributed by atoms with van der Waals surface area (Å²) in [4.78, 5) is 2.53. The summed E-state index contributed by atoms with van der Waals surface area (Å²) in [7, 11) is 0. The minimum Gasteiger partial charge on any atom is -0.375 e. The molecule has 0 spiro atoms. The SMILES string of the molecule is CSCCOCN=[N+]=[N-]. The topological polar surface area (TPSA) is 58.0 Å². The van der Waals surface area contributed by atoms with E-state index in [1.807, 2.05) is 6.26 Å². The van der Waals surface area contributed by atoms with Crippen LogP contribution in [0.15, 0.2) is 5.11 Å². The van der Waals surface area contributed by atoms with Gasteiger partial charge in [-0.2, -0.15) is 11.8 Å². The average Bonchev–Trinajstić information content (AvgIpc) is 1.89. The number of nitrogens with zero attached hydrogens (tertiary/aromatic N) is 3. The highest BCUT2D eigenvalue weighted by Gasteiger charge is 1.81. The summed E-state index contributed by atoms with van der Waals surface area (Å²) in [5.41, 5.74) is 7.80. The Hall–Kier alpha value is -0.380. The highest BCUT2D eigenvalue weighted by molar-refractivity contribution is 7.98. The molecule has 0 N–H and O–H groups in total. The first-order valence-corrected chi connectivity index (χ1v) is 3.88. The molecule has 0 radical (unpaired) electrons. The van der Waals surface area contributed by atoms with Crippen molar-refractivity contribution in [1.29, 1.82) is 0 Å². The lowest BCUT2D eigenvalue weighted by atomic mass is 10.9. The van der Waals surface area contributed by atoms with Gasteiger partial charge in [-0.1, -0.05) is 5.11 Å². The van der Waals surface area contributed by atoms with E-state index in [-0.39, 0.29) is 6.73 Å². The first-order chi connectivity index (χ1) is 4.41. The predicted molar refractivity (Wildman–Crippen MR) is 38.3 cm³/mol. The molecule has 0 unspecified atom stereocenters. The maximum atomic E-state index is 7.80. The van der Waals surface area contributed by atoms with E-state index < -0.39 is 0 Å². The van der Waals surface area contributed by atoms with Gasteiger partial charge in [0.1, 0.15) is 6.73 Å². The van der Waals surface area contributed by atoms with Crippen molar-refractivity contribution < 1.29 is 4.74 Å². The number of rotatable bonds is 5. The van der Waals surface area contributed by atoms with Crippen LogP contribution in [0, 0.1) is 0 Å². The molecule has 0 aliphatic heterocycles. The molecule has 0 aromatic rings. The Bertz CT molecular complexity index is 102. The van der Waals surface area contributed by atoms with Gasteiger partial charge in [-0.05, 0) is 11.8 Å². The Morgan fingerprint density at radius 1 is 1.78 bits per heavy atom. The third-order valence-corrected chi connectivity index (χ3v) is 1.22. The van der Waals surface area contributed by atoms with Gasteiger partial charge >= 0.3 is 0 Å². The summed E-state index contributed by atoms with van der Waals surface area (Å²) >= 11 is 1.70. The van der Waals surface area contributed by atoms with E-state index in [9.17, 15) is 0 Å². The molecular formula is C4H9N3OS. The van der Waals surface area contributed by atoms with Crippen molar-refractivity contribution in [3.8, 4) is 0 Å². The molecule has 0 aliphatic carbocycles. The smallest absolute Gasteiger partial charge is 0.125 e. The van der Waals surface area contributed by atoms with Crippen molar-refractivity contribution in [2.45, 2.75) is 0 Å². The van der Waals surface area contributed by atoms with Gasteiger partial charge in [0.25, 0.3) is 0 Å². The van der Waals surface area contributed by atoms with E-state index in [4.69, 9.17) is 10.3 Å². The number of hydrogen-bond donors (Lipinski definition) is 0. The molecule has 4 nitrogen and oxygen atoms in total. The second kappa shape index (κ2) is 7.62. The van der Waals surface area contributed by atoms with E-state index in [0.717, 1.165) is 5.75 Å². The minimum absolute atomic E-state index is 0.150. The fraction of sp³-hybridized carbons (Fsp3) is 1.00. The van der Waals surface area contributed by atoms with Crippen molar-refractivity contribution >= 4 is 11.8 Å². The fourth-order valence-corrected chi connectivity index (χ4v) is 0.558. The Morgan fingerprint density at radius 2 is 2.56 bits per heavy atom. The molecule has 0 aliphatic rings. The highest BCUT2D eigenvalue weighted by atomic mass is 32.2. The van der Waals surface area contributed by atoms with Gasteiger partial charge in [0.2, 0.25) is 0 Å². The molecule has 0 aromatic heterocycles. The van der Waals surface area contributed by atoms with Crippen molar-refractivity contribution in [2.75, 3.05) is 25.3 Å². The van der Waals surface area contributed by atoms with Crippen LogP contribution in [-0.4, -0.2) is 25.3 Å². The van der Waals surface area contributed by atoms with Crippen LogP contribution in [0.25, 0.3) is 10.4 Å². The number of hydrogen-bond acceptors (Lipinski definition) is 3. The van der Waals surface area contributed by atoms with Crippen LogP contribution < -0.4 is 0 Å². The quantitative estimate of drug-likeness (QED) is 0.257. The van der Waals surface area contributed by atoms with Gasteiger partial charge in [0.15, 0.2) is 0 Å². The molecule has 0 heterocycles. The summed E-state index contributed by atoms with van der Waals surface area (Å²) in [5.74, 6) is 0.945. The minimum atomic E-state index is 0.150. The molecule has 0 saturated heterocycles. The van der Waals surface area contributed by atoms with Gasteiger partial charge in [0, 0.05) is 10.7 Å². The summed E-state index contributed by atoms with van der Waals surface area (Å²) < 4.78 is 4.87. The molecule has 0 aromatic carbocycles.